The first kappa shape index (κ1) is 24.3. The summed E-state index contributed by atoms with van der Waals surface area (Å²) in [6.07, 6.45) is 2.06. The second kappa shape index (κ2) is 11.0. The van der Waals surface area contributed by atoms with E-state index in [2.05, 4.69) is 17.4 Å². The van der Waals surface area contributed by atoms with Gasteiger partial charge in [0.25, 0.3) is 0 Å². The molecule has 1 aromatic carbocycles. The number of nitrogens with one attached hydrogen (secondary N) is 2. The summed E-state index contributed by atoms with van der Waals surface area (Å²) in [5.41, 5.74) is 2.87. The number of hydrogen-bond acceptors (Lipinski definition) is 6. The van der Waals surface area contributed by atoms with Crippen molar-refractivity contribution in [2.24, 2.45) is 5.92 Å². The fraction of sp³-hybridized carbons (Fsp3) is 0.591. The van der Waals surface area contributed by atoms with Gasteiger partial charge in [0, 0.05) is 38.6 Å². The lowest BCUT2D eigenvalue weighted by Gasteiger charge is -2.36. The fourth-order valence-electron chi connectivity index (χ4n) is 4.87. The highest BCUT2D eigenvalue weighted by molar-refractivity contribution is 5.90. The lowest BCUT2D eigenvalue weighted by Crippen LogP contribution is -2.59. The molecule has 4 atom stereocenters. The van der Waals surface area contributed by atoms with Crippen LogP contribution in [0.1, 0.15) is 37.2 Å². The molecule has 176 valence electrons. The Labute approximate surface area is 193 Å². The van der Waals surface area contributed by atoms with Crippen molar-refractivity contribution in [1.82, 2.24) is 20.6 Å². The summed E-state index contributed by atoms with van der Waals surface area (Å²) >= 11 is 0. The largest absolute Gasteiger partial charge is 0.445 e. The van der Waals surface area contributed by atoms with Crippen molar-refractivity contribution >= 4 is 30.3 Å². The first-order valence-electron chi connectivity index (χ1n) is 11.0. The first-order valence-corrected chi connectivity index (χ1v) is 11.0. The van der Waals surface area contributed by atoms with E-state index in [1.165, 1.54) is 5.56 Å². The quantitative estimate of drug-likeness (QED) is 0.458. The Morgan fingerprint density at radius 3 is 2.47 bits per heavy atom. The molecule has 1 aromatic rings. The zero-order valence-corrected chi connectivity index (χ0v) is 18.8. The van der Waals surface area contributed by atoms with Gasteiger partial charge in [-0.25, -0.2) is 10.3 Å². The fourth-order valence-corrected chi connectivity index (χ4v) is 4.87. The van der Waals surface area contributed by atoms with E-state index in [0.29, 0.717) is 32.7 Å². The average Bonchev–Trinajstić information content (AvgIpc) is 3.51. The van der Waals surface area contributed by atoms with Crippen LogP contribution in [0.25, 0.3) is 0 Å². The zero-order valence-electron chi connectivity index (χ0n) is 17.9. The van der Waals surface area contributed by atoms with Crippen LogP contribution in [-0.2, 0) is 14.3 Å². The molecule has 0 aromatic heterocycles. The van der Waals surface area contributed by atoms with Gasteiger partial charge in [0.15, 0.2) is 0 Å². The molecule has 10 heteroatoms. The predicted octanol–water partition coefficient (Wildman–Crippen LogP) is 1.51. The molecule has 0 bridgehead atoms. The highest BCUT2D eigenvalue weighted by Crippen LogP contribution is 2.29. The van der Waals surface area contributed by atoms with E-state index in [4.69, 9.17) is 4.74 Å². The van der Waals surface area contributed by atoms with Crippen LogP contribution < -0.4 is 10.8 Å². The number of nitrogens with zero attached hydrogens (tertiary/aromatic N) is 2. The number of amides is 3. The molecule has 4 rings (SSSR count). The van der Waals surface area contributed by atoms with Gasteiger partial charge in [-0.1, -0.05) is 30.3 Å². The van der Waals surface area contributed by atoms with Crippen molar-refractivity contribution in [1.29, 1.82) is 0 Å². The van der Waals surface area contributed by atoms with E-state index in [0.717, 1.165) is 19.3 Å². The third-order valence-corrected chi connectivity index (χ3v) is 6.60. The third kappa shape index (κ3) is 5.33. The molecule has 0 aliphatic carbocycles. The molecule has 3 fully saturated rings. The van der Waals surface area contributed by atoms with Crippen molar-refractivity contribution in [3.8, 4) is 0 Å². The maximum atomic E-state index is 13.2. The molecule has 9 nitrogen and oxygen atoms in total. The highest BCUT2D eigenvalue weighted by atomic mass is 35.5. The van der Waals surface area contributed by atoms with Gasteiger partial charge in [-0.05, 0) is 31.2 Å². The average molecular weight is 467 g/mol. The minimum Gasteiger partial charge on any atom is -0.445 e. The van der Waals surface area contributed by atoms with Crippen LogP contribution in [0.2, 0.25) is 0 Å². The minimum atomic E-state index is -0.821. The Morgan fingerprint density at radius 1 is 1.06 bits per heavy atom. The molecule has 3 aliphatic heterocycles. The number of ether oxygens (including phenoxy) is 1. The molecule has 3 amide bonds. The van der Waals surface area contributed by atoms with Crippen LogP contribution in [0.3, 0.4) is 0 Å². The van der Waals surface area contributed by atoms with Crippen LogP contribution in [0, 0.1) is 5.92 Å². The molecule has 3 aliphatic rings. The van der Waals surface area contributed by atoms with Crippen molar-refractivity contribution in [2.45, 2.75) is 43.7 Å². The van der Waals surface area contributed by atoms with E-state index in [1.54, 1.807) is 15.3 Å². The van der Waals surface area contributed by atoms with Crippen molar-refractivity contribution < 1.29 is 24.3 Å². The Kier molecular flexibility index (Phi) is 8.33. The van der Waals surface area contributed by atoms with Gasteiger partial charge in [0.1, 0.15) is 6.10 Å². The number of benzene rings is 1. The summed E-state index contributed by atoms with van der Waals surface area (Å²) in [7, 11) is 0. The molecule has 0 spiro atoms. The molecule has 3 N–H and O–H groups in total. The van der Waals surface area contributed by atoms with Crippen LogP contribution in [0.5, 0.6) is 0 Å². The van der Waals surface area contributed by atoms with Crippen molar-refractivity contribution in [2.75, 3.05) is 32.7 Å². The number of carbonyl (C=O) groups excluding carboxylic acids is 3. The highest BCUT2D eigenvalue weighted by Gasteiger charge is 2.43. The Bertz CT molecular complexity index is 805. The number of halogens is 1. The van der Waals surface area contributed by atoms with Gasteiger partial charge in [-0.15, -0.1) is 12.4 Å². The Morgan fingerprint density at radius 2 is 1.78 bits per heavy atom. The van der Waals surface area contributed by atoms with Gasteiger partial charge in [0.05, 0.1) is 12.0 Å². The lowest BCUT2D eigenvalue weighted by atomic mass is 9.87. The normalized spacial score (nSPS) is 27.5. The van der Waals surface area contributed by atoms with Gasteiger partial charge in [0.2, 0.25) is 11.8 Å². The SMILES string of the molecule is Cl.O=C(NO)[C@H]1CC(OC(=O)N2CCCC2)CN[C@@H]1C(=O)N1CC[C@H](c2ccccc2)C1. The van der Waals surface area contributed by atoms with Crippen molar-refractivity contribution in [3.05, 3.63) is 35.9 Å². The van der Waals surface area contributed by atoms with Crippen LogP contribution in [-0.4, -0.2) is 77.8 Å². The van der Waals surface area contributed by atoms with E-state index in [1.807, 2.05) is 18.2 Å². The standard InChI is InChI=1S/C22H30N4O5.ClH/c27-20(24-30)18-12-17(31-22(29)25-9-4-5-10-25)13-23-19(18)21(28)26-11-8-16(14-26)15-6-2-1-3-7-15;/h1-3,6-7,16-19,23,30H,4-5,8-14H2,(H,24,27);1H/t16-,17?,18-,19-;/m0./s1. The maximum Gasteiger partial charge on any atom is 0.410 e. The van der Waals surface area contributed by atoms with Crippen LogP contribution in [0.4, 0.5) is 4.79 Å². The number of carbonyl (C=O) groups is 3. The summed E-state index contributed by atoms with van der Waals surface area (Å²) in [5.74, 6) is -1.35. The number of piperidine rings is 1. The summed E-state index contributed by atoms with van der Waals surface area (Å²) in [6.45, 7) is 2.87. The summed E-state index contributed by atoms with van der Waals surface area (Å²) in [5, 5.41) is 12.3. The lowest BCUT2D eigenvalue weighted by molar-refractivity contribution is -0.145. The molecule has 32 heavy (non-hydrogen) atoms. The first-order chi connectivity index (χ1) is 15.1. The van der Waals surface area contributed by atoms with Crippen LogP contribution in [0.15, 0.2) is 30.3 Å². The van der Waals surface area contributed by atoms with Gasteiger partial charge >= 0.3 is 6.09 Å². The molecular formula is C22H31ClN4O5. The number of likely N-dealkylation sites (tertiary alicyclic amines) is 2. The Balaban J connectivity index is 0.00000289. The molecule has 0 radical (unpaired) electrons. The van der Waals surface area contributed by atoms with E-state index < -0.39 is 24.0 Å². The topological polar surface area (TPSA) is 111 Å². The van der Waals surface area contributed by atoms with E-state index >= 15 is 0 Å². The second-order valence-electron chi connectivity index (χ2n) is 8.58. The summed E-state index contributed by atoms with van der Waals surface area (Å²) in [6, 6.07) is 9.33. The molecule has 1 unspecified atom stereocenters. The number of rotatable bonds is 4. The molecule has 3 saturated heterocycles. The number of hydroxylamine groups is 1. The summed E-state index contributed by atoms with van der Waals surface area (Å²) in [4.78, 5) is 41.3. The van der Waals surface area contributed by atoms with E-state index in [9.17, 15) is 19.6 Å². The minimum absolute atomic E-state index is 0. The van der Waals surface area contributed by atoms with Gasteiger partial charge in [-0.3, -0.25) is 14.8 Å². The van der Waals surface area contributed by atoms with Crippen LogP contribution >= 0.6 is 12.4 Å². The third-order valence-electron chi connectivity index (χ3n) is 6.60. The monoisotopic (exact) mass is 466 g/mol. The predicted molar refractivity (Wildman–Crippen MR) is 119 cm³/mol. The zero-order chi connectivity index (χ0) is 21.8. The van der Waals surface area contributed by atoms with E-state index in [-0.39, 0.29) is 36.7 Å². The van der Waals surface area contributed by atoms with Gasteiger partial charge < -0.3 is 19.9 Å². The summed E-state index contributed by atoms with van der Waals surface area (Å²) < 4.78 is 5.57. The van der Waals surface area contributed by atoms with Gasteiger partial charge in [-0.2, -0.15) is 0 Å². The van der Waals surface area contributed by atoms with Crippen molar-refractivity contribution in [3.63, 3.8) is 0 Å². The molecule has 0 saturated carbocycles. The number of hydrogen-bond donors (Lipinski definition) is 3. The Hall–Kier alpha value is -2.36. The second-order valence-corrected chi connectivity index (χ2v) is 8.58. The molecular weight excluding hydrogens is 436 g/mol. The smallest absolute Gasteiger partial charge is 0.410 e. The maximum absolute atomic E-state index is 13.2. The molecule has 3 heterocycles.